The Kier molecular flexibility index (Phi) is 7.53. The Bertz CT molecular complexity index is 1160. The Morgan fingerprint density at radius 3 is 2.55 bits per heavy atom. The highest BCUT2D eigenvalue weighted by atomic mass is 35.5. The fourth-order valence-electron chi connectivity index (χ4n) is 2.74. The van der Waals surface area contributed by atoms with E-state index in [1.165, 1.54) is 6.07 Å². The average molecular weight is 475 g/mol. The summed E-state index contributed by atoms with van der Waals surface area (Å²) in [6.07, 6.45) is 0. The standard InChI is InChI=1S/C22H16Cl2N2O4S/c1-2-29-22(28)20-19(13-6-4-3-5-7-13)15(11-25)21(31-20)26-18(27)12-30-17-9-8-14(23)10-16(17)24/h3-10H,2,12H2,1H3,(H,26,27). The molecule has 9 heteroatoms. The van der Waals surface area contributed by atoms with Gasteiger partial charge in [-0.1, -0.05) is 53.5 Å². The molecule has 0 aliphatic heterocycles. The number of carbonyl (C=O) groups excluding carboxylic acids is 2. The number of halogens is 2. The molecular weight excluding hydrogens is 459 g/mol. The first-order valence-electron chi connectivity index (χ1n) is 9.11. The zero-order valence-corrected chi connectivity index (χ0v) is 18.6. The second kappa shape index (κ2) is 10.3. The van der Waals surface area contributed by atoms with Crippen LogP contribution in [0.4, 0.5) is 5.00 Å². The maximum absolute atomic E-state index is 12.5. The number of carbonyl (C=O) groups is 2. The lowest BCUT2D eigenvalue weighted by molar-refractivity contribution is -0.118. The predicted octanol–water partition coefficient (Wildman–Crippen LogP) is 5.79. The Hall–Kier alpha value is -3.05. The Labute approximate surface area is 192 Å². The monoisotopic (exact) mass is 474 g/mol. The highest BCUT2D eigenvalue weighted by Gasteiger charge is 2.26. The largest absolute Gasteiger partial charge is 0.482 e. The number of esters is 1. The summed E-state index contributed by atoms with van der Waals surface area (Å²) in [6.45, 7) is 1.53. The molecular formula is C22H16Cl2N2O4S. The topological polar surface area (TPSA) is 88.4 Å². The van der Waals surface area contributed by atoms with Crippen LogP contribution >= 0.6 is 34.5 Å². The number of nitrogens with zero attached hydrogens (tertiary/aromatic N) is 1. The number of benzene rings is 2. The van der Waals surface area contributed by atoms with Gasteiger partial charge in [-0.25, -0.2) is 4.79 Å². The summed E-state index contributed by atoms with van der Waals surface area (Å²) in [5, 5.41) is 13.4. The van der Waals surface area contributed by atoms with E-state index in [1.807, 2.05) is 6.07 Å². The van der Waals surface area contributed by atoms with Crippen molar-refractivity contribution in [2.24, 2.45) is 0 Å². The first kappa shape index (κ1) is 22.6. The lowest BCUT2D eigenvalue weighted by atomic mass is 10.0. The van der Waals surface area contributed by atoms with Crippen molar-refractivity contribution in [3.8, 4) is 22.9 Å². The molecule has 0 bridgehead atoms. The van der Waals surface area contributed by atoms with Crippen LogP contribution in [0.1, 0.15) is 22.2 Å². The molecule has 1 aromatic heterocycles. The molecule has 0 aliphatic carbocycles. The van der Waals surface area contributed by atoms with Crippen LogP contribution in [0.3, 0.4) is 0 Å². The van der Waals surface area contributed by atoms with E-state index in [-0.39, 0.29) is 33.7 Å². The Balaban J connectivity index is 1.87. The van der Waals surface area contributed by atoms with Crippen LogP contribution in [0.5, 0.6) is 5.75 Å². The number of rotatable bonds is 7. The SMILES string of the molecule is CCOC(=O)c1sc(NC(=O)COc2ccc(Cl)cc2Cl)c(C#N)c1-c1ccccc1. The number of amides is 1. The third-order valence-electron chi connectivity index (χ3n) is 4.05. The van der Waals surface area contributed by atoms with Crippen molar-refractivity contribution in [3.05, 3.63) is 69.0 Å². The Morgan fingerprint density at radius 2 is 1.90 bits per heavy atom. The fraction of sp³-hybridized carbons (Fsp3) is 0.136. The van der Waals surface area contributed by atoms with Crippen molar-refractivity contribution < 1.29 is 19.1 Å². The van der Waals surface area contributed by atoms with Gasteiger partial charge in [-0.15, -0.1) is 11.3 Å². The van der Waals surface area contributed by atoms with Gasteiger partial charge in [0, 0.05) is 10.6 Å². The minimum absolute atomic E-state index is 0.178. The molecule has 0 atom stereocenters. The molecule has 3 rings (SSSR count). The molecule has 0 unspecified atom stereocenters. The summed E-state index contributed by atoms with van der Waals surface area (Å²) >= 11 is 12.9. The third-order valence-corrected chi connectivity index (χ3v) is 5.66. The quantitative estimate of drug-likeness (QED) is 0.437. The minimum atomic E-state index is -0.562. The Morgan fingerprint density at radius 1 is 1.16 bits per heavy atom. The van der Waals surface area contributed by atoms with Crippen molar-refractivity contribution in [2.45, 2.75) is 6.92 Å². The average Bonchev–Trinajstić information content (AvgIpc) is 3.12. The van der Waals surface area contributed by atoms with E-state index in [0.29, 0.717) is 21.9 Å². The molecule has 1 heterocycles. The number of nitrogens with one attached hydrogen (secondary N) is 1. The smallest absolute Gasteiger partial charge is 0.349 e. The maximum Gasteiger partial charge on any atom is 0.349 e. The number of thiophene rings is 1. The first-order valence-corrected chi connectivity index (χ1v) is 10.7. The molecule has 2 aromatic carbocycles. The molecule has 0 saturated carbocycles. The summed E-state index contributed by atoms with van der Waals surface area (Å²) in [5.41, 5.74) is 1.27. The van der Waals surface area contributed by atoms with Crippen LogP contribution in [-0.2, 0) is 9.53 Å². The van der Waals surface area contributed by atoms with E-state index in [9.17, 15) is 14.9 Å². The molecule has 158 valence electrons. The van der Waals surface area contributed by atoms with E-state index in [1.54, 1.807) is 43.3 Å². The predicted molar refractivity (Wildman–Crippen MR) is 121 cm³/mol. The van der Waals surface area contributed by atoms with Crippen molar-refractivity contribution in [2.75, 3.05) is 18.5 Å². The van der Waals surface area contributed by atoms with Crippen LogP contribution in [0.2, 0.25) is 10.0 Å². The van der Waals surface area contributed by atoms with Gasteiger partial charge in [0.1, 0.15) is 21.7 Å². The summed E-state index contributed by atoms with van der Waals surface area (Å²) < 4.78 is 10.6. The molecule has 1 N–H and O–H groups in total. The van der Waals surface area contributed by atoms with Crippen molar-refractivity contribution in [3.63, 3.8) is 0 Å². The van der Waals surface area contributed by atoms with Gasteiger partial charge in [0.15, 0.2) is 6.61 Å². The molecule has 0 spiro atoms. The summed E-state index contributed by atoms with van der Waals surface area (Å²) in [6, 6.07) is 15.7. The van der Waals surface area contributed by atoms with E-state index in [2.05, 4.69) is 11.4 Å². The zero-order valence-electron chi connectivity index (χ0n) is 16.3. The van der Waals surface area contributed by atoms with Gasteiger partial charge < -0.3 is 14.8 Å². The van der Waals surface area contributed by atoms with Crippen molar-refractivity contribution >= 4 is 51.4 Å². The number of hydrogen-bond donors (Lipinski definition) is 1. The van der Waals surface area contributed by atoms with Crippen LogP contribution in [0, 0.1) is 11.3 Å². The van der Waals surface area contributed by atoms with Crippen LogP contribution < -0.4 is 10.1 Å². The van der Waals surface area contributed by atoms with Crippen molar-refractivity contribution in [1.29, 1.82) is 5.26 Å². The van der Waals surface area contributed by atoms with Gasteiger partial charge in [-0.2, -0.15) is 5.26 Å². The first-order chi connectivity index (χ1) is 14.9. The van der Waals surface area contributed by atoms with Gasteiger partial charge in [0.25, 0.3) is 5.91 Å². The lowest BCUT2D eigenvalue weighted by Crippen LogP contribution is -2.20. The summed E-state index contributed by atoms with van der Waals surface area (Å²) in [5.74, 6) is -0.781. The van der Waals surface area contributed by atoms with E-state index >= 15 is 0 Å². The fourth-order valence-corrected chi connectivity index (χ4v) is 4.29. The van der Waals surface area contributed by atoms with Gasteiger partial charge in [-0.3, -0.25) is 4.79 Å². The van der Waals surface area contributed by atoms with Crippen LogP contribution in [-0.4, -0.2) is 25.1 Å². The van der Waals surface area contributed by atoms with Crippen LogP contribution in [0.25, 0.3) is 11.1 Å². The van der Waals surface area contributed by atoms with Gasteiger partial charge >= 0.3 is 5.97 Å². The minimum Gasteiger partial charge on any atom is -0.482 e. The van der Waals surface area contributed by atoms with Gasteiger partial charge in [0.2, 0.25) is 0 Å². The third kappa shape index (κ3) is 5.36. The molecule has 3 aromatic rings. The van der Waals surface area contributed by atoms with Crippen LogP contribution in [0.15, 0.2) is 48.5 Å². The van der Waals surface area contributed by atoms with E-state index in [0.717, 1.165) is 11.3 Å². The zero-order chi connectivity index (χ0) is 22.4. The maximum atomic E-state index is 12.5. The number of anilines is 1. The lowest BCUT2D eigenvalue weighted by Gasteiger charge is -2.08. The molecule has 0 saturated heterocycles. The highest BCUT2D eigenvalue weighted by molar-refractivity contribution is 7.19. The molecule has 0 aliphatic rings. The normalized spacial score (nSPS) is 10.3. The van der Waals surface area contributed by atoms with Crippen molar-refractivity contribution in [1.82, 2.24) is 0 Å². The molecule has 0 radical (unpaired) electrons. The number of nitriles is 1. The number of hydrogen-bond acceptors (Lipinski definition) is 6. The second-order valence-corrected chi connectivity index (χ2v) is 7.98. The summed E-state index contributed by atoms with van der Waals surface area (Å²) in [7, 11) is 0. The summed E-state index contributed by atoms with van der Waals surface area (Å²) in [4.78, 5) is 25.2. The van der Waals surface area contributed by atoms with Gasteiger partial charge in [-0.05, 0) is 30.7 Å². The molecule has 6 nitrogen and oxygen atoms in total. The van der Waals surface area contributed by atoms with Gasteiger partial charge in [0.05, 0.1) is 17.2 Å². The molecule has 1 amide bonds. The highest BCUT2D eigenvalue weighted by Crippen LogP contribution is 2.40. The molecule has 31 heavy (non-hydrogen) atoms. The number of ether oxygens (including phenoxy) is 2. The van der Waals surface area contributed by atoms with E-state index in [4.69, 9.17) is 32.7 Å². The molecule has 0 fully saturated rings. The van der Waals surface area contributed by atoms with E-state index < -0.39 is 11.9 Å². The second-order valence-electron chi connectivity index (χ2n) is 6.12.